The van der Waals surface area contributed by atoms with Gasteiger partial charge in [-0.05, 0) is 38.1 Å². The summed E-state index contributed by atoms with van der Waals surface area (Å²) in [6, 6.07) is 4.63. The molecule has 2 heterocycles. The van der Waals surface area contributed by atoms with Crippen LogP contribution in [0.1, 0.15) is 11.5 Å². The first-order chi connectivity index (χ1) is 12.6. The predicted octanol–water partition coefficient (Wildman–Crippen LogP) is 2.54. The number of anilines is 1. The average Bonchev–Trinajstić information content (AvgIpc) is 2.93. The third-order valence-corrected chi connectivity index (χ3v) is 3.63. The van der Waals surface area contributed by atoms with Gasteiger partial charge in [-0.2, -0.15) is 4.98 Å². The molecule has 0 aliphatic heterocycles. The highest BCUT2D eigenvalue weighted by Gasteiger charge is 2.31. The van der Waals surface area contributed by atoms with Crippen LogP contribution in [0.2, 0.25) is 0 Å². The summed E-state index contributed by atoms with van der Waals surface area (Å²) < 4.78 is 46.3. The standard InChI is InChI=1S/C16H13F3N4O4/c1-8-13-14(27-22-8)20-9(2)23(15(13)25)7-12(24)21-10-3-5-11(6-4-10)26-16(17,18)19/h3-6H,7H2,1-2H3,(H,21,24). The third-order valence-electron chi connectivity index (χ3n) is 3.63. The largest absolute Gasteiger partial charge is 0.573 e. The number of amides is 1. The zero-order valence-electron chi connectivity index (χ0n) is 14.1. The van der Waals surface area contributed by atoms with E-state index in [0.717, 1.165) is 16.7 Å². The monoisotopic (exact) mass is 382 g/mol. The molecule has 0 spiro atoms. The summed E-state index contributed by atoms with van der Waals surface area (Å²) in [5.41, 5.74) is 0.222. The zero-order chi connectivity index (χ0) is 19.8. The van der Waals surface area contributed by atoms with Crippen molar-refractivity contribution in [3.63, 3.8) is 0 Å². The lowest BCUT2D eigenvalue weighted by molar-refractivity contribution is -0.274. The highest BCUT2D eigenvalue weighted by molar-refractivity contribution is 5.90. The number of nitrogens with one attached hydrogen (secondary N) is 1. The molecule has 8 nitrogen and oxygen atoms in total. The van der Waals surface area contributed by atoms with E-state index in [-0.39, 0.29) is 29.2 Å². The number of alkyl halides is 3. The van der Waals surface area contributed by atoms with Crippen molar-refractivity contribution in [1.82, 2.24) is 14.7 Å². The lowest BCUT2D eigenvalue weighted by Gasteiger charge is -2.11. The molecule has 27 heavy (non-hydrogen) atoms. The molecule has 0 aliphatic rings. The van der Waals surface area contributed by atoms with Crippen molar-refractivity contribution in [2.75, 3.05) is 5.32 Å². The van der Waals surface area contributed by atoms with Gasteiger partial charge in [-0.3, -0.25) is 14.2 Å². The molecule has 0 atom stereocenters. The van der Waals surface area contributed by atoms with E-state index in [2.05, 4.69) is 20.2 Å². The fourth-order valence-corrected chi connectivity index (χ4v) is 2.44. The van der Waals surface area contributed by atoms with Crippen LogP contribution in [0.15, 0.2) is 33.6 Å². The molecule has 0 saturated carbocycles. The lowest BCUT2D eigenvalue weighted by Crippen LogP contribution is -2.30. The van der Waals surface area contributed by atoms with Gasteiger partial charge in [0, 0.05) is 5.69 Å². The van der Waals surface area contributed by atoms with Gasteiger partial charge >= 0.3 is 6.36 Å². The number of halogens is 3. The van der Waals surface area contributed by atoms with Crippen LogP contribution in [0.4, 0.5) is 18.9 Å². The molecule has 0 aliphatic carbocycles. The summed E-state index contributed by atoms with van der Waals surface area (Å²) in [6.45, 7) is 2.79. The van der Waals surface area contributed by atoms with Crippen LogP contribution in [0.3, 0.4) is 0 Å². The van der Waals surface area contributed by atoms with E-state index in [1.54, 1.807) is 6.92 Å². The Morgan fingerprint density at radius 1 is 1.26 bits per heavy atom. The van der Waals surface area contributed by atoms with Crippen LogP contribution in [0.5, 0.6) is 5.75 Å². The van der Waals surface area contributed by atoms with E-state index in [0.29, 0.717) is 5.69 Å². The number of aryl methyl sites for hydroxylation is 2. The molecule has 1 aromatic carbocycles. The van der Waals surface area contributed by atoms with Gasteiger partial charge in [0.1, 0.15) is 23.5 Å². The van der Waals surface area contributed by atoms with Gasteiger partial charge in [0.2, 0.25) is 5.91 Å². The number of fused-ring (bicyclic) bond motifs is 1. The summed E-state index contributed by atoms with van der Waals surface area (Å²) in [5, 5.41) is 6.35. The Morgan fingerprint density at radius 3 is 2.56 bits per heavy atom. The second kappa shape index (κ2) is 6.74. The van der Waals surface area contributed by atoms with Crippen molar-refractivity contribution in [2.24, 2.45) is 0 Å². The van der Waals surface area contributed by atoms with Gasteiger partial charge in [0.25, 0.3) is 11.3 Å². The first kappa shape index (κ1) is 18.4. The second-order valence-electron chi connectivity index (χ2n) is 5.62. The summed E-state index contributed by atoms with van der Waals surface area (Å²) in [5.74, 6) is -0.710. The molecule has 11 heteroatoms. The normalized spacial score (nSPS) is 11.6. The number of rotatable bonds is 4. The van der Waals surface area contributed by atoms with Crippen molar-refractivity contribution < 1.29 is 27.2 Å². The molecule has 1 N–H and O–H groups in total. The van der Waals surface area contributed by atoms with Crippen LogP contribution < -0.4 is 15.6 Å². The van der Waals surface area contributed by atoms with Gasteiger partial charge in [-0.1, -0.05) is 5.16 Å². The fourth-order valence-electron chi connectivity index (χ4n) is 2.44. The van der Waals surface area contributed by atoms with E-state index >= 15 is 0 Å². The molecule has 3 aromatic rings. The predicted molar refractivity (Wildman–Crippen MR) is 87.3 cm³/mol. The van der Waals surface area contributed by atoms with Crippen LogP contribution in [-0.4, -0.2) is 27.0 Å². The van der Waals surface area contributed by atoms with Gasteiger partial charge < -0.3 is 14.6 Å². The zero-order valence-corrected chi connectivity index (χ0v) is 14.1. The summed E-state index contributed by atoms with van der Waals surface area (Å²) in [4.78, 5) is 28.8. The summed E-state index contributed by atoms with van der Waals surface area (Å²) in [6.07, 6.45) is -4.80. The van der Waals surface area contributed by atoms with Crippen molar-refractivity contribution in [3.8, 4) is 5.75 Å². The number of nitrogens with zero attached hydrogens (tertiary/aromatic N) is 3. The van der Waals surface area contributed by atoms with E-state index in [9.17, 15) is 22.8 Å². The molecule has 0 unspecified atom stereocenters. The first-order valence-corrected chi connectivity index (χ1v) is 7.63. The van der Waals surface area contributed by atoms with Crippen molar-refractivity contribution in [3.05, 3.63) is 46.1 Å². The van der Waals surface area contributed by atoms with Gasteiger partial charge in [0.15, 0.2) is 0 Å². The second-order valence-corrected chi connectivity index (χ2v) is 5.62. The topological polar surface area (TPSA) is 99.2 Å². The van der Waals surface area contributed by atoms with Crippen molar-refractivity contribution in [2.45, 2.75) is 26.8 Å². The number of aromatic nitrogens is 3. The van der Waals surface area contributed by atoms with Gasteiger partial charge in [-0.15, -0.1) is 13.2 Å². The Balaban J connectivity index is 1.76. The molecule has 142 valence electrons. The molecule has 3 rings (SSSR count). The fraction of sp³-hybridized carbons (Fsp3) is 0.250. The minimum atomic E-state index is -4.80. The highest BCUT2D eigenvalue weighted by atomic mass is 19.4. The molecular formula is C16H13F3N4O4. The molecule has 0 fully saturated rings. The molecule has 2 aromatic heterocycles. The quantitative estimate of drug-likeness (QED) is 0.745. The minimum Gasteiger partial charge on any atom is -0.406 e. The molecular weight excluding hydrogens is 369 g/mol. The maximum absolute atomic E-state index is 12.5. The van der Waals surface area contributed by atoms with Crippen LogP contribution in [0, 0.1) is 13.8 Å². The van der Waals surface area contributed by atoms with E-state index < -0.39 is 23.6 Å². The van der Waals surface area contributed by atoms with E-state index in [4.69, 9.17) is 4.52 Å². The average molecular weight is 382 g/mol. The third kappa shape index (κ3) is 4.07. The molecule has 1 amide bonds. The molecule has 0 bridgehead atoms. The Hall–Kier alpha value is -3.37. The number of hydrogen-bond donors (Lipinski definition) is 1. The Morgan fingerprint density at radius 2 is 1.93 bits per heavy atom. The number of hydrogen-bond acceptors (Lipinski definition) is 6. The number of carbonyl (C=O) groups excluding carboxylic acids is 1. The summed E-state index contributed by atoms with van der Waals surface area (Å²) in [7, 11) is 0. The minimum absolute atomic E-state index is 0.0897. The van der Waals surface area contributed by atoms with E-state index in [1.807, 2.05) is 0 Å². The molecule has 0 saturated heterocycles. The number of ether oxygens (including phenoxy) is 1. The Labute approximate surface area is 149 Å². The van der Waals surface area contributed by atoms with Crippen molar-refractivity contribution in [1.29, 1.82) is 0 Å². The van der Waals surface area contributed by atoms with Gasteiger partial charge in [0.05, 0.1) is 5.69 Å². The Bertz CT molecular complexity index is 1050. The lowest BCUT2D eigenvalue weighted by atomic mass is 10.3. The Kier molecular flexibility index (Phi) is 4.60. The molecule has 0 radical (unpaired) electrons. The SMILES string of the molecule is Cc1noc2nc(C)n(CC(=O)Nc3ccc(OC(F)(F)F)cc3)c(=O)c12. The number of carbonyl (C=O) groups is 1. The van der Waals surface area contributed by atoms with Crippen molar-refractivity contribution >= 4 is 22.7 Å². The van der Waals surface area contributed by atoms with Crippen LogP contribution in [0.25, 0.3) is 11.1 Å². The maximum atomic E-state index is 12.5. The van der Waals surface area contributed by atoms with Crippen LogP contribution >= 0.6 is 0 Å². The highest BCUT2D eigenvalue weighted by Crippen LogP contribution is 2.24. The van der Waals surface area contributed by atoms with Crippen LogP contribution in [-0.2, 0) is 11.3 Å². The van der Waals surface area contributed by atoms with Gasteiger partial charge in [-0.25, -0.2) is 0 Å². The first-order valence-electron chi connectivity index (χ1n) is 7.63. The maximum Gasteiger partial charge on any atom is 0.573 e. The summed E-state index contributed by atoms with van der Waals surface area (Å²) >= 11 is 0. The van der Waals surface area contributed by atoms with E-state index in [1.165, 1.54) is 19.1 Å². The smallest absolute Gasteiger partial charge is 0.406 e. The number of benzene rings is 1.